The summed E-state index contributed by atoms with van der Waals surface area (Å²) in [5.41, 5.74) is 2.56. The zero-order valence-electron chi connectivity index (χ0n) is 10.3. The normalized spacial score (nSPS) is 11.0. The Bertz CT molecular complexity index is 757. The van der Waals surface area contributed by atoms with Crippen molar-refractivity contribution < 1.29 is 9.90 Å². The van der Waals surface area contributed by atoms with Gasteiger partial charge in [-0.1, -0.05) is 6.07 Å². The average molecular weight is 256 g/mol. The highest BCUT2D eigenvalue weighted by molar-refractivity contribution is 6.01. The van der Waals surface area contributed by atoms with Gasteiger partial charge in [0.15, 0.2) is 0 Å². The molecule has 0 spiro atoms. The van der Waals surface area contributed by atoms with Gasteiger partial charge in [-0.15, -0.1) is 0 Å². The molecule has 0 atom stereocenters. The third kappa shape index (κ3) is 1.87. The monoisotopic (exact) mass is 256 g/mol. The highest BCUT2D eigenvalue weighted by Gasteiger charge is 2.13. The topological polar surface area (TPSA) is 72.9 Å². The van der Waals surface area contributed by atoms with Gasteiger partial charge in [-0.25, -0.2) is 9.78 Å². The minimum Gasteiger partial charge on any atom is -0.478 e. The van der Waals surface area contributed by atoms with Gasteiger partial charge in [0, 0.05) is 13.2 Å². The Balaban J connectivity index is 2.14. The summed E-state index contributed by atoms with van der Waals surface area (Å²) in [4.78, 5) is 15.5. The maximum absolute atomic E-state index is 11.3. The summed E-state index contributed by atoms with van der Waals surface area (Å²) in [6.07, 6.45) is 3.37. The molecule has 2 heterocycles. The van der Waals surface area contributed by atoms with Crippen LogP contribution in [-0.4, -0.2) is 30.4 Å². The van der Waals surface area contributed by atoms with Gasteiger partial charge in [0.1, 0.15) is 0 Å². The van der Waals surface area contributed by atoms with E-state index in [4.69, 9.17) is 0 Å². The van der Waals surface area contributed by atoms with Crippen molar-refractivity contribution in [3.8, 4) is 0 Å². The van der Waals surface area contributed by atoms with E-state index in [1.54, 1.807) is 29.3 Å². The van der Waals surface area contributed by atoms with Gasteiger partial charge in [0.2, 0.25) is 0 Å². The van der Waals surface area contributed by atoms with E-state index >= 15 is 0 Å². The number of carbonyl (C=O) groups is 1. The van der Waals surface area contributed by atoms with E-state index in [2.05, 4.69) is 10.1 Å². The zero-order chi connectivity index (χ0) is 13.4. The minimum atomic E-state index is -0.947. The molecule has 0 aliphatic carbocycles. The standard InChI is InChI=1S/C13H12N4O2/c1-16-9(5-6-15-16)7-17-8-14-11-4-2-3-10(12(11)17)13(18)19/h2-6,8H,7H2,1H3,(H,18,19). The van der Waals surface area contributed by atoms with E-state index in [1.165, 1.54) is 0 Å². The largest absolute Gasteiger partial charge is 0.478 e. The molecule has 0 amide bonds. The summed E-state index contributed by atoms with van der Waals surface area (Å²) in [5, 5.41) is 13.3. The lowest BCUT2D eigenvalue weighted by atomic mass is 10.2. The Kier molecular flexibility index (Phi) is 2.56. The maximum Gasteiger partial charge on any atom is 0.337 e. The van der Waals surface area contributed by atoms with E-state index < -0.39 is 5.97 Å². The number of para-hydroxylation sites is 1. The summed E-state index contributed by atoms with van der Waals surface area (Å²) in [5.74, 6) is -0.947. The lowest BCUT2D eigenvalue weighted by Crippen LogP contribution is -2.07. The molecule has 6 heteroatoms. The van der Waals surface area contributed by atoms with Crippen molar-refractivity contribution in [2.24, 2.45) is 7.05 Å². The van der Waals surface area contributed by atoms with Crippen LogP contribution in [0.4, 0.5) is 0 Å². The number of benzene rings is 1. The van der Waals surface area contributed by atoms with Gasteiger partial charge >= 0.3 is 5.97 Å². The van der Waals surface area contributed by atoms with Crippen LogP contribution in [0, 0.1) is 0 Å². The van der Waals surface area contributed by atoms with E-state index in [1.807, 2.05) is 23.7 Å². The number of rotatable bonds is 3. The van der Waals surface area contributed by atoms with Gasteiger partial charge in [-0.2, -0.15) is 5.10 Å². The Morgan fingerprint density at radius 2 is 2.21 bits per heavy atom. The second-order valence-electron chi connectivity index (χ2n) is 4.30. The van der Waals surface area contributed by atoms with Gasteiger partial charge in [-0.3, -0.25) is 4.68 Å². The SMILES string of the molecule is Cn1nccc1Cn1cnc2cccc(C(=O)O)c21. The van der Waals surface area contributed by atoms with Crippen molar-refractivity contribution in [3.63, 3.8) is 0 Å². The summed E-state index contributed by atoms with van der Waals surface area (Å²) in [6.45, 7) is 0.539. The van der Waals surface area contributed by atoms with Crippen LogP contribution >= 0.6 is 0 Å². The number of hydrogen-bond acceptors (Lipinski definition) is 3. The first-order valence-corrected chi connectivity index (χ1v) is 5.81. The molecule has 1 aromatic carbocycles. The molecule has 0 unspecified atom stereocenters. The molecule has 0 aliphatic rings. The van der Waals surface area contributed by atoms with E-state index in [0.29, 0.717) is 17.6 Å². The number of aryl methyl sites for hydroxylation is 1. The number of aromatic nitrogens is 4. The van der Waals surface area contributed by atoms with Gasteiger partial charge in [0.05, 0.1) is 35.2 Å². The molecule has 3 rings (SSSR count). The van der Waals surface area contributed by atoms with Crippen LogP contribution in [0.15, 0.2) is 36.8 Å². The Morgan fingerprint density at radius 1 is 1.37 bits per heavy atom. The molecule has 2 aromatic heterocycles. The summed E-state index contributed by atoms with van der Waals surface area (Å²) in [7, 11) is 1.85. The molecular formula is C13H12N4O2. The van der Waals surface area contributed by atoms with E-state index in [-0.39, 0.29) is 5.56 Å². The van der Waals surface area contributed by atoms with Crippen LogP contribution in [0.3, 0.4) is 0 Å². The second-order valence-corrected chi connectivity index (χ2v) is 4.30. The van der Waals surface area contributed by atoms with E-state index in [0.717, 1.165) is 5.69 Å². The summed E-state index contributed by atoms with van der Waals surface area (Å²) < 4.78 is 3.59. The van der Waals surface area contributed by atoms with Crippen molar-refractivity contribution in [2.45, 2.75) is 6.54 Å². The van der Waals surface area contributed by atoms with Crippen molar-refractivity contribution in [2.75, 3.05) is 0 Å². The number of carboxylic acid groups (broad SMARTS) is 1. The fourth-order valence-electron chi connectivity index (χ4n) is 2.15. The fourth-order valence-corrected chi connectivity index (χ4v) is 2.15. The highest BCUT2D eigenvalue weighted by atomic mass is 16.4. The number of imidazole rings is 1. The predicted molar refractivity (Wildman–Crippen MR) is 69.0 cm³/mol. The van der Waals surface area contributed by atoms with Crippen LogP contribution in [-0.2, 0) is 13.6 Å². The first-order chi connectivity index (χ1) is 9.16. The molecule has 0 saturated carbocycles. The number of aromatic carboxylic acids is 1. The van der Waals surface area contributed by atoms with Crippen molar-refractivity contribution >= 4 is 17.0 Å². The van der Waals surface area contributed by atoms with E-state index in [9.17, 15) is 9.90 Å². The van der Waals surface area contributed by atoms with Gasteiger partial charge in [0.25, 0.3) is 0 Å². The molecule has 3 aromatic rings. The van der Waals surface area contributed by atoms with Crippen LogP contribution in [0.1, 0.15) is 16.1 Å². The number of carboxylic acids is 1. The third-order valence-corrected chi connectivity index (χ3v) is 3.12. The average Bonchev–Trinajstić information content (AvgIpc) is 2.97. The predicted octanol–water partition coefficient (Wildman–Crippen LogP) is 1.52. The first-order valence-electron chi connectivity index (χ1n) is 5.81. The highest BCUT2D eigenvalue weighted by Crippen LogP contribution is 2.19. The Labute approximate surface area is 108 Å². The van der Waals surface area contributed by atoms with Crippen LogP contribution < -0.4 is 0 Å². The van der Waals surface area contributed by atoms with Gasteiger partial charge < -0.3 is 9.67 Å². The quantitative estimate of drug-likeness (QED) is 0.771. The van der Waals surface area contributed by atoms with Crippen molar-refractivity contribution in [3.05, 3.63) is 48.0 Å². The minimum absolute atomic E-state index is 0.261. The third-order valence-electron chi connectivity index (χ3n) is 3.12. The van der Waals surface area contributed by atoms with Crippen LogP contribution in [0.5, 0.6) is 0 Å². The van der Waals surface area contributed by atoms with Crippen molar-refractivity contribution in [1.29, 1.82) is 0 Å². The summed E-state index contributed by atoms with van der Waals surface area (Å²) >= 11 is 0. The lowest BCUT2D eigenvalue weighted by molar-refractivity contribution is 0.0698. The molecule has 0 radical (unpaired) electrons. The molecule has 19 heavy (non-hydrogen) atoms. The number of hydrogen-bond donors (Lipinski definition) is 1. The molecule has 0 bridgehead atoms. The zero-order valence-corrected chi connectivity index (χ0v) is 10.3. The van der Waals surface area contributed by atoms with Crippen LogP contribution in [0.25, 0.3) is 11.0 Å². The molecular weight excluding hydrogens is 244 g/mol. The molecule has 6 nitrogen and oxygen atoms in total. The van der Waals surface area contributed by atoms with Gasteiger partial charge in [-0.05, 0) is 18.2 Å². The summed E-state index contributed by atoms with van der Waals surface area (Å²) in [6, 6.07) is 7.00. The molecule has 0 aliphatic heterocycles. The Hall–Kier alpha value is -2.63. The smallest absolute Gasteiger partial charge is 0.337 e. The van der Waals surface area contributed by atoms with Crippen molar-refractivity contribution in [1.82, 2.24) is 19.3 Å². The van der Waals surface area contributed by atoms with Crippen LogP contribution in [0.2, 0.25) is 0 Å². The second kappa shape index (κ2) is 4.24. The number of nitrogens with zero attached hydrogens (tertiary/aromatic N) is 4. The molecule has 96 valence electrons. The molecule has 0 fully saturated rings. The number of fused-ring (bicyclic) bond motifs is 1. The molecule has 0 saturated heterocycles. The maximum atomic E-state index is 11.3. The Morgan fingerprint density at radius 3 is 2.89 bits per heavy atom. The molecule has 1 N–H and O–H groups in total. The first kappa shape index (κ1) is 11.5. The fraction of sp³-hybridized carbons (Fsp3) is 0.154. The lowest BCUT2D eigenvalue weighted by Gasteiger charge is -2.06.